The average Bonchev–Trinajstić information content (AvgIpc) is 3.32. The smallest absolute Gasteiger partial charge is 0.221 e. The van der Waals surface area contributed by atoms with Crippen LogP contribution >= 0.6 is 0 Å². The predicted octanol–water partition coefficient (Wildman–Crippen LogP) is 2.24. The van der Waals surface area contributed by atoms with E-state index in [1.165, 1.54) is 0 Å². The summed E-state index contributed by atoms with van der Waals surface area (Å²) in [5, 5.41) is 6.71. The van der Waals surface area contributed by atoms with Gasteiger partial charge in [-0.1, -0.05) is 25.0 Å². The van der Waals surface area contributed by atoms with Gasteiger partial charge in [0.05, 0.1) is 16.7 Å². The zero-order valence-electron chi connectivity index (χ0n) is 14.1. The van der Waals surface area contributed by atoms with Gasteiger partial charge in [-0.15, -0.1) is 0 Å². The largest absolute Gasteiger partial charge is 0.352 e. The number of sulfone groups is 1. The summed E-state index contributed by atoms with van der Waals surface area (Å²) in [5.74, 6) is -0.278. The lowest BCUT2D eigenvalue weighted by atomic mass is 10.2. The maximum absolute atomic E-state index is 12.2. The maximum Gasteiger partial charge on any atom is 0.221 e. The summed E-state index contributed by atoms with van der Waals surface area (Å²) in [6.45, 7) is 0.391. The molecule has 134 valence electrons. The molecular formula is C18H23N3O3S. The van der Waals surface area contributed by atoms with E-state index < -0.39 is 9.84 Å². The molecule has 25 heavy (non-hydrogen) atoms. The van der Waals surface area contributed by atoms with Gasteiger partial charge in [0.15, 0.2) is 9.84 Å². The van der Waals surface area contributed by atoms with Gasteiger partial charge in [-0.05, 0) is 36.6 Å². The lowest BCUT2D eigenvalue weighted by Gasteiger charge is -2.11. The normalized spacial score (nSPS) is 15.4. The molecular weight excluding hydrogens is 338 g/mol. The molecule has 1 aromatic carbocycles. The van der Waals surface area contributed by atoms with E-state index in [1.54, 1.807) is 10.9 Å². The summed E-state index contributed by atoms with van der Waals surface area (Å²) in [5.41, 5.74) is 1.91. The number of hydrogen-bond donors (Lipinski definition) is 1. The van der Waals surface area contributed by atoms with Crippen LogP contribution in [0, 0.1) is 0 Å². The second-order valence-corrected chi connectivity index (χ2v) is 8.82. The Balaban J connectivity index is 1.46. The van der Waals surface area contributed by atoms with E-state index in [0.717, 1.165) is 36.9 Å². The molecule has 1 N–H and O–H groups in total. The molecule has 0 atom stereocenters. The van der Waals surface area contributed by atoms with Crippen LogP contribution in [0.3, 0.4) is 0 Å². The molecule has 3 rings (SSSR count). The Morgan fingerprint density at radius 3 is 2.56 bits per heavy atom. The Bertz CT molecular complexity index is 793. The Labute approximate surface area is 148 Å². The fourth-order valence-electron chi connectivity index (χ4n) is 3.13. The van der Waals surface area contributed by atoms with Crippen molar-refractivity contribution in [1.29, 1.82) is 0 Å². The second-order valence-electron chi connectivity index (χ2n) is 6.42. The second kappa shape index (κ2) is 7.82. The zero-order chi connectivity index (χ0) is 17.7. The van der Waals surface area contributed by atoms with E-state index in [1.807, 2.05) is 36.5 Å². The van der Waals surface area contributed by atoms with Gasteiger partial charge >= 0.3 is 0 Å². The predicted molar refractivity (Wildman–Crippen MR) is 96.1 cm³/mol. The first-order chi connectivity index (χ1) is 12.0. The summed E-state index contributed by atoms with van der Waals surface area (Å²) in [6, 6.07) is 9.56. The first kappa shape index (κ1) is 17.7. The third-order valence-electron chi connectivity index (χ3n) is 4.62. The van der Waals surface area contributed by atoms with Crippen molar-refractivity contribution in [2.75, 3.05) is 5.75 Å². The van der Waals surface area contributed by atoms with E-state index in [0.29, 0.717) is 6.54 Å². The highest BCUT2D eigenvalue weighted by Crippen LogP contribution is 2.25. The van der Waals surface area contributed by atoms with E-state index in [4.69, 9.17) is 0 Å². The number of amides is 1. The number of carbonyl (C=O) groups excluding carboxylic acids is 1. The highest BCUT2D eigenvalue weighted by Gasteiger charge is 2.28. The molecule has 0 saturated heterocycles. The van der Waals surface area contributed by atoms with Crippen molar-refractivity contribution in [3.05, 3.63) is 48.3 Å². The Hall–Kier alpha value is -2.15. The van der Waals surface area contributed by atoms with Crippen molar-refractivity contribution in [3.63, 3.8) is 0 Å². The minimum Gasteiger partial charge on any atom is -0.352 e. The molecule has 0 aliphatic heterocycles. The maximum atomic E-state index is 12.2. The molecule has 1 aliphatic carbocycles. The van der Waals surface area contributed by atoms with Crippen LogP contribution in [0.1, 0.15) is 37.7 Å². The fourth-order valence-corrected chi connectivity index (χ4v) is 4.98. The van der Waals surface area contributed by atoms with Gasteiger partial charge in [-0.3, -0.25) is 4.79 Å². The molecule has 0 bridgehead atoms. The van der Waals surface area contributed by atoms with Crippen molar-refractivity contribution in [2.24, 2.45) is 0 Å². The third-order valence-corrected chi connectivity index (χ3v) is 6.88. The first-order valence-electron chi connectivity index (χ1n) is 8.62. The highest BCUT2D eigenvalue weighted by atomic mass is 32.2. The van der Waals surface area contributed by atoms with E-state index in [-0.39, 0.29) is 23.3 Å². The lowest BCUT2D eigenvalue weighted by molar-refractivity contribution is -0.120. The van der Waals surface area contributed by atoms with Crippen LogP contribution < -0.4 is 5.32 Å². The Morgan fingerprint density at radius 1 is 1.20 bits per heavy atom. The molecule has 1 saturated carbocycles. The van der Waals surface area contributed by atoms with E-state index in [9.17, 15) is 13.2 Å². The number of nitrogens with one attached hydrogen (secondary N) is 1. The molecule has 1 amide bonds. The summed E-state index contributed by atoms with van der Waals surface area (Å²) in [4.78, 5) is 11.9. The molecule has 7 heteroatoms. The SMILES string of the molecule is O=C(CCS(=O)(=O)C1CCCC1)NCc1ccc(-n2cccn2)cc1. The third kappa shape index (κ3) is 4.69. The number of aromatic nitrogens is 2. The fraction of sp³-hybridized carbons (Fsp3) is 0.444. The zero-order valence-corrected chi connectivity index (χ0v) is 14.9. The summed E-state index contributed by atoms with van der Waals surface area (Å²) < 4.78 is 26.1. The molecule has 0 radical (unpaired) electrons. The minimum atomic E-state index is -3.14. The van der Waals surface area contributed by atoms with Crippen molar-refractivity contribution >= 4 is 15.7 Å². The molecule has 2 aromatic rings. The molecule has 6 nitrogen and oxygen atoms in total. The Morgan fingerprint density at radius 2 is 1.92 bits per heavy atom. The highest BCUT2D eigenvalue weighted by molar-refractivity contribution is 7.92. The summed E-state index contributed by atoms with van der Waals surface area (Å²) in [6.07, 6.45) is 7.05. The topological polar surface area (TPSA) is 81.1 Å². The van der Waals surface area contributed by atoms with Gasteiger partial charge in [-0.2, -0.15) is 5.10 Å². The quantitative estimate of drug-likeness (QED) is 0.820. The summed E-state index contributed by atoms with van der Waals surface area (Å²) in [7, 11) is -3.14. The van der Waals surface area contributed by atoms with Crippen LogP contribution in [-0.4, -0.2) is 35.1 Å². The van der Waals surface area contributed by atoms with Crippen LogP contribution in [0.5, 0.6) is 0 Å². The van der Waals surface area contributed by atoms with Crippen molar-refractivity contribution in [1.82, 2.24) is 15.1 Å². The first-order valence-corrected chi connectivity index (χ1v) is 10.3. The monoisotopic (exact) mass is 361 g/mol. The van der Waals surface area contributed by atoms with Gasteiger partial charge in [-0.25, -0.2) is 13.1 Å². The minimum absolute atomic E-state index is 0.0319. The lowest BCUT2D eigenvalue weighted by Crippen LogP contribution is -2.28. The van der Waals surface area contributed by atoms with Crippen LogP contribution in [-0.2, 0) is 21.2 Å². The van der Waals surface area contributed by atoms with Crippen LogP contribution in [0.4, 0.5) is 0 Å². The van der Waals surface area contributed by atoms with Crippen LogP contribution in [0.2, 0.25) is 0 Å². The number of rotatable bonds is 7. The van der Waals surface area contributed by atoms with Crippen molar-refractivity contribution < 1.29 is 13.2 Å². The number of benzene rings is 1. The Kier molecular flexibility index (Phi) is 5.53. The van der Waals surface area contributed by atoms with Crippen LogP contribution in [0.15, 0.2) is 42.7 Å². The van der Waals surface area contributed by atoms with Gasteiger partial charge in [0.2, 0.25) is 5.91 Å². The molecule has 1 fully saturated rings. The number of nitrogens with zero attached hydrogens (tertiary/aromatic N) is 2. The van der Waals surface area contributed by atoms with Gasteiger partial charge < -0.3 is 5.32 Å². The average molecular weight is 361 g/mol. The summed E-state index contributed by atoms with van der Waals surface area (Å²) >= 11 is 0. The number of carbonyl (C=O) groups is 1. The van der Waals surface area contributed by atoms with Crippen LogP contribution in [0.25, 0.3) is 5.69 Å². The van der Waals surface area contributed by atoms with Gasteiger partial charge in [0, 0.05) is 25.4 Å². The van der Waals surface area contributed by atoms with Gasteiger partial charge in [0.1, 0.15) is 0 Å². The van der Waals surface area contributed by atoms with Crippen molar-refractivity contribution in [3.8, 4) is 5.69 Å². The number of hydrogen-bond acceptors (Lipinski definition) is 4. The molecule has 1 heterocycles. The molecule has 0 spiro atoms. The molecule has 1 aromatic heterocycles. The van der Waals surface area contributed by atoms with Crippen molar-refractivity contribution in [2.45, 2.75) is 43.9 Å². The standard InChI is InChI=1S/C18H23N3O3S/c22-18(10-13-25(23,24)17-4-1-2-5-17)19-14-15-6-8-16(9-7-15)21-12-3-11-20-21/h3,6-9,11-12,17H,1-2,4-5,10,13-14H2,(H,19,22). The van der Waals surface area contributed by atoms with E-state index in [2.05, 4.69) is 10.4 Å². The molecule has 0 unspecified atom stereocenters. The van der Waals surface area contributed by atoms with E-state index >= 15 is 0 Å². The van der Waals surface area contributed by atoms with Gasteiger partial charge in [0.25, 0.3) is 0 Å². The molecule has 1 aliphatic rings.